The normalized spacial score (nSPS) is 14.2. The minimum Gasteiger partial charge on any atom is -0.452 e. The number of aryl methyl sites for hydroxylation is 2. The number of amides is 1. The van der Waals surface area contributed by atoms with E-state index in [1.165, 1.54) is 5.56 Å². The van der Waals surface area contributed by atoms with E-state index >= 15 is 0 Å². The summed E-state index contributed by atoms with van der Waals surface area (Å²) in [5, 5.41) is 2.78. The summed E-state index contributed by atoms with van der Waals surface area (Å²) in [5.41, 5.74) is 4.43. The smallest absolute Gasteiger partial charge is 0.338 e. The number of thioether (sulfide) groups is 2. The third-order valence-electron chi connectivity index (χ3n) is 4.04. The number of nitrogens with one attached hydrogen (secondary N) is 1. The van der Waals surface area contributed by atoms with Crippen LogP contribution >= 0.6 is 23.5 Å². The number of hydrogen-bond acceptors (Lipinski definition) is 5. The highest BCUT2D eigenvalue weighted by Gasteiger charge is 2.19. The summed E-state index contributed by atoms with van der Waals surface area (Å²) in [6.07, 6.45) is 0. The van der Waals surface area contributed by atoms with Gasteiger partial charge in [-0.15, -0.1) is 23.5 Å². The predicted molar refractivity (Wildman–Crippen MR) is 109 cm³/mol. The molecule has 1 heterocycles. The second kappa shape index (κ2) is 8.64. The van der Waals surface area contributed by atoms with E-state index in [2.05, 4.69) is 5.32 Å². The van der Waals surface area contributed by atoms with Crippen LogP contribution in [0.1, 0.15) is 31.6 Å². The number of ether oxygens (including phenoxy) is 1. The molecule has 1 aliphatic heterocycles. The molecule has 2 aromatic carbocycles. The monoisotopic (exact) mass is 387 g/mol. The van der Waals surface area contributed by atoms with Gasteiger partial charge in [0.15, 0.2) is 6.61 Å². The molecule has 136 valence electrons. The average molecular weight is 388 g/mol. The molecular formula is C20H21NO3S2. The van der Waals surface area contributed by atoms with Crippen molar-refractivity contribution in [3.63, 3.8) is 0 Å². The Labute approximate surface area is 162 Å². The first-order valence-corrected chi connectivity index (χ1v) is 10.5. The van der Waals surface area contributed by atoms with Gasteiger partial charge in [-0.1, -0.05) is 24.3 Å². The van der Waals surface area contributed by atoms with Crippen molar-refractivity contribution in [3.05, 3.63) is 64.7 Å². The molecular weight excluding hydrogens is 366 g/mol. The van der Waals surface area contributed by atoms with Crippen LogP contribution in [0, 0.1) is 13.8 Å². The predicted octanol–water partition coefficient (Wildman–Crippen LogP) is 4.58. The fraction of sp³-hybridized carbons (Fsp3) is 0.300. The number of carbonyl (C=O) groups excluding carboxylic acids is 2. The highest BCUT2D eigenvalue weighted by Crippen LogP contribution is 2.45. The largest absolute Gasteiger partial charge is 0.452 e. The molecule has 0 spiro atoms. The van der Waals surface area contributed by atoms with Gasteiger partial charge in [0, 0.05) is 17.2 Å². The Kier molecular flexibility index (Phi) is 6.27. The van der Waals surface area contributed by atoms with Crippen LogP contribution in [0.2, 0.25) is 0 Å². The molecule has 0 aromatic heterocycles. The van der Waals surface area contributed by atoms with Gasteiger partial charge in [0.25, 0.3) is 5.91 Å². The standard InChI is InChI=1S/C20H21NO3S2/c1-13-3-4-14(2)17(11-13)21-18(22)12-24-19(23)15-5-7-16(8-6-15)20-25-9-10-26-20/h3-8,11,20H,9-10,12H2,1-2H3,(H,21,22). The first-order valence-electron chi connectivity index (χ1n) is 8.40. The van der Waals surface area contributed by atoms with Gasteiger partial charge in [0.05, 0.1) is 10.1 Å². The highest BCUT2D eigenvalue weighted by atomic mass is 32.2. The molecule has 6 heteroatoms. The van der Waals surface area contributed by atoms with Crippen LogP contribution in [0.5, 0.6) is 0 Å². The van der Waals surface area contributed by atoms with Gasteiger partial charge in [0.1, 0.15) is 0 Å². The summed E-state index contributed by atoms with van der Waals surface area (Å²) < 4.78 is 5.58. The van der Waals surface area contributed by atoms with Crippen molar-refractivity contribution in [1.82, 2.24) is 0 Å². The third kappa shape index (κ3) is 4.83. The summed E-state index contributed by atoms with van der Waals surface area (Å²) in [4.78, 5) is 24.2. The van der Waals surface area contributed by atoms with E-state index in [9.17, 15) is 9.59 Å². The summed E-state index contributed by atoms with van der Waals surface area (Å²) in [6, 6.07) is 13.3. The van der Waals surface area contributed by atoms with Gasteiger partial charge in [-0.3, -0.25) is 4.79 Å². The van der Waals surface area contributed by atoms with E-state index in [0.29, 0.717) is 10.1 Å². The first-order chi connectivity index (χ1) is 12.5. The maximum Gasteiger partial charge on any atom is 0.338 e. The molecule has 0 aliphatic carbocycles. The quantitative estimate of drug-likeness (QED) is 0.761. The van der Waals surface area contributed by atoms with E-state index in [1.807, 2.05) is 67.7 Å². The number of rotatable bonds is 5. The van der Waals surface area contributed by atoms with E-state index in [4.69, 9.17) is 4.74 Å². The molecule has 0 atom stereocenters. The molecule has 26 heavy (non-hydrogen) atoms. The molecule has 1 N–H and O–H groups in total. The lowest BCUT2D eigenvalue weighted by Gasteiger charge is -2.11. The van der Waals surface area contributed by atoms with Crippen LogP contribution in [0.4, 0.5) is 5.69 Å². The number of benzene rings is 2. The Morgan fingerprint density at radius 1 is 1.08 bits per heavy atom. The van der Waals surface area contributed by atoms with Gasteiger partial charge in [-0.25, -0.2) is 4.79 Å². The minimum absolute atomic E-state index is 0.303. The van der Waals surface area contributed by atoms with Crippen LogP contribution in [-0.2, 0) is 9.53 Å². The molecule has 0 radical (unpaired) electrons. The Morgan fingerprint density at radius 3 is 2.46 bits per heavy atom. The maximum atomic E-state index is 12.1. The number of anilines is 1. The summed E-state index contributed by atoms with van der Waals surface area (Å²) >= 11 is 3.84. The Balaban J connectivity index is 1.53. The molecule has 4 nitrogen and oxygen atoms in total. The van der Waals surface area contributed by atoms with Crippen LogP contribution < -0.4 is 5.32 Å². The second-order valence-corrected chi connectivity index (χ2v) is 8.86. The van der Waals surface area contributed by atoms with Gasteiger partial charge >= 0.3 is 5.97 Å². The molecule has 0 bridgehead atoms. The lowest BCUT2D eigenvalue weighted by atomic mass is 10.1. The fourth-order valence-electron chi connectivity index (χ4n) is 2.60. The van der Waals surface area contributed by atoms with Gasteiger partial charge in [0.2, 0.25) is 0 Å². The van der Waals surface area contributed by atoms with Crippen LogP contribution in [0.15, 0.2) is 42.5 Å². The van der Waals surface area contributed by atoms with Crippen molar-refractivity contribution in [2.45, 2.75) is 18.4 Å². The van der Waals surface area contributed by atoms with Crippen molar-refractivity contribution in [1.29, 1.82) is 0 Å². The Hall–Kier alpha value is -1.92. The van der Waals surface area contributed by atoms with Crippen LogP contribution in [-0.4, -0.2) is 30.0 Å². The molecule has 1 amide bonds. The number of hydrogen-bond donors (Lipinski definition) is 1. The fourth-order valence-corrected chi connectivity index (χ4v) is 5.46. The average Bonchev–Trinajstić information content (AvgIpc) is 3.17. The lowest BCUT2D eigenvalue weighted by Crippen LogP contribution is -2.21. The molecule has 2 aromatic rings. The Bertz CT molecular complexity index is 799. The highest BCUT2D eigenvalue weighted by molar-refractivity contribution is 8.19. The summed E-state index contributed by atoms with van der Waals surface area (Å²) in [6.45, 7) is 3.58. The Morgan fingerprint density at radius 2 is 1.77 bits per heavy atom. The molecule has 0 saturated carbocycles. The zero-order valence-electron chi connectivity index (χ0n) is 14.8. The second-order valence-electron chi connectivity index (χ2n) is 6.14. The third-order valence-corrected chi connectivity index (χ3v) is 7.15. The van der Waals surface area contributed by atoms with Crippen molar-refractivity contribution < 1.29 is 14.3 Å². The zero-order chi connectivity index (χ0) is 18.5. The van der Waals surface area contributed by atoms with E-state index in [-0.39, 0.29) is 12.5 Å². The van der Waals surface area contributed by atoms with E-state index < -0.39 is 5.97 Å². The molecule has 1 fully saturated rings. The van der Waals surface area contributed by atoms with Crippen molar-refractivity contribution in [2.75, 3.05) is 23.4 Å². The van der Waals surface area contributed by atoms with Gasteiger partial charge in [-0.2, -0.15) is 0 Å². The molecule has 1 aliphatic rings. The van der Waals surface area contributed by atoms with Crippen LogP contribution in [0.25, 0.3) is 0 Å². The molecule has 3 rings (SSSR count). The maximum absolute atomic E-state index is 12.1. The van der Waals surface area contributed by atoms with E-state index in [0.717, 1.165) is 28.3 Å². The lowest BCUT2D eigenvalue weighted by molar-refractivity contribution is -0.119. The first kappa shape index (κ1) is 18.9. The minimum atomic E-state index is -0.487. The van der Waals surface area contributed by atoms with Crippen molar-refractivity contribution >= 4 is 41.1 Å². The topological polar surface area (TPSA) is 55.4 Å². The summed E-state index contributed by atoms with van der Waals surface area (Å²) in [5.74, 6) is 1.49. The van der Waals surface area contributed by atoms with Crippen molar-refractivity contribution in [3.8, 4) is 0 Å². The van der Waals surface area contributed by atoms with Crippen molar-refractivity contribution in [2.24, 2.45) is 0 Å². The molecule has 0 unspecified atom stereocenters. The van der Waals surface area contributed by atoms with Crippen LogP contribution in [0.3, 0.4) is 0 Å². The molecule has 1 saturated heterocycles. The van der Waals surface area contributed by atoms with E-state index in [1.54, 1.807) is 12.1 Å². The SMILES string of the molecule is Cc1ccc(C)c(NC(=O)COC(=O)c2ccc(C3SCCS3)cc2)c1. The number of carbonyl (C=O) groups is 2. The summed E-state index contributed by atoms with van der Waals surface area (Å²) in [7, 11) is 0. The zero-order valence-corrected chi connectivity index (χ0v) is 16.4. The van der Waals surface area contributed by atoms with Gasteiger partial charge in [-0.05, 0) is 48.7 Å². The van der Waals surface area contributed by atoms with Gasteiger partial charge < -0.3 is 10.1 Å². The number of esters is 1.